The zero-order valence-corrected chi connectivity index (χ0v) is 5.35. The summed E-state index contributed by atoms with van der Waals surface area (Å²) >= 11 is 0. The van der Waals surface area contributed by atoms with Gasteiger partial charge in [-0.05, 0) is 26.2 Å². The normalized spacial score (nSPS) is 19.9. The van der Waals surface area contributed by atoms with Crippen LogP contribution in [0.15, 0.2) is 23.8 Å². The van der Waals surface area contributed by atoms with E-state index >= 15 is 0 Å². The van der Waals surface area contributed by atoms with Crippen molar-refractivity contribution < 1.29 is 0 Å². The fourth-order valence-electron chi connectivity index (χ4n) is 1.06. The Bertz CT molecular complexity index is 118. The molecule has 1 aliphatic carbocycles. The summed E-state index contributed by atoms with van der Waals surface area (Å²) in [5, 5.41) is 0. The van der Waals surface area contributed by atoms with E-state index in [-0.39, 0.29) is 0 Å². The molecule has 0 atom stereocenters. The van der Waals surface area contributed by atoms with Crippen LogP contribution in [-0.4, -0.2) is 0 Å². The molecule has 0 aromatic carbocycles. The second-order valence-electron chi connectivity index (χ2n) is 2.17. The van der Waals surface area contributed by atoms with E-state index in [0.717, 1.165) is 0 Å². The summed E-state index contributed by atoms with van der Waals surface area (Å²) in [6.45, 7) is 2.07. The van der Waals surface area contributed by atoms with Crippen LogP contribution in [0, 0.1) is 0 Å². The van der Waals surface area contributed by atoms with Gasteiger partial charge < -0.3 is 0 Å². The fraction of sp³-hybridized carbons (Fsp3) is 0.500. The van der Waals surface area contributed by atoms with Crippen LogP contribution in [-0.2, 0) is 0 Å². The minimum Gasteiger partial charge on any atom is -0.0874 e. The molecule has 44 valence electrons. The summed E-state index contributed by atoms with van der Waals surface area (Å²) in [6.07, 6.45) is 10.6. The average molecular weight is 108 g/mol. The molecule has 0 aromatic rings. The lowest BCUT2D eigenvalue weighted by Gasteiger charge is -1.85. The van der Waals surface area contributed by atoms with Crippen molar-refractivity contribution in [2.24, 2.45) is 0 Å². The van der Waals surface area contributed by atoms with Gasteiger partial charge >= 0.3 is 0 Å². The Labute approximate surface area is 50.9 Å². The van der Waals surface area contributed by atoms with Crippen molar-refractivity contribution in [2.75, 3.05) is 0 Å². The summed E-state index contributed by atoms with van der Waals surface area (Å²) < 4.78 is 0. The highest BCUT2D eigenvalue weighted by Crippen LogP contribution is 2.17. The predicted octanol–water partition coefficient (Wildman–Crippen LogP) is 2.67. The van der Waals surface area contributed by atoms with Crippen LogP contribution in [0.2, 0.25) is 0 Å². The molecule has 0 heterocycles. The molecule has 0 saturated carbocycles. The number of hydrogen-bond donors (Lipinski definition) is 0. The van der Waals surface area contributed by atoms with E-state index in [4.69, 9.17) is 0 Å². The first-order valence-corrected chi connectivity index (χ1v) is 3.25. The number of allylic oxidation sites excluding steroid dienone is 4. The van der Waals surface area contributed by atoms with Gasteiger partial charge in [-0.15, -0.1) is 0 Å². The summed E-state index contributed by atoms with van der Waals surface area (Å²) in [4.78, 5) is 0. The average Bonchev–Trinajstić information content (AvgIpc) is 2.19. The van der Waals surface area contributed by atoms with Crippen LogP contribution in [0.1, 0.15) is 26.2 Å². The van der Waals surface area contributed by atoms with Crippen LogP contribution in [0.4, 0.5) is 0 Å². The van der Waals surface area contributed by atoms with E-state index in [9.17, 15) is 0 Å². The zero-order valence-electron chi connectivity index (χ0n) is 5.35. The van der Waals surface area contributed by atoms with Gasteiger partial charge in [0.05, 0.1) is 0 Å². The van der Waals surface area contributed by atoms with Crippen molar-refractivity contribution in [1.82, 2.24) is 0 Å². The Balaban J connectivity index is 2.45. The number of hydrogen-bond acceptors (Lipinski definition) is 0. The largest absolute Gasteiger partial charge is 0.0874 e. The van der Waals surface area contributed by atoms with Crippen LogP contribution in [0.3, 0.4) is 0 Å². The van der Waals surface area contributed by atoms with Gasteiger partial charge in [-0.1, -0.05) is 23.8 Å². The molecule has 0 amide bonds. The standard InChI is InChI=1S/C8H12/c1-2-5-8-6-3-4-7-8/h2,5-6H,3-4,7H2,1H3. The third kappa shape index (κ3) is 1.22. The Morgan fingerprint density at radius 3 is 3.00 bits per heavy atom. The van der Waals surface area contributed by atoms with Crippen molar-refractivity contribution >= 4 is 0 Å². The Kier molecular flexibility index (Phi) is 1.90. The molecule has 0 nitrogen and oxygen atoms in total. The first kappa shape index (κ1) is 5.61. The molecule has 1 aliphatic rings. The lowest BCUT2D eigenvalue weighted by atomic mass is 10.2. The predicted molar refractivity (Wildman–Crippen MR) is 36.7 cm³/mol. The maximum absolute atomic E-state index is 2.32. The highest BCUT2D eigenvalue weighted by Gasteiger charge is 1.97. The molecule has 0 aromatic heterocycles. The van der Waals surface area contributed by atoms with E-state index < -0.39 is 0 Å². The molecule has 1 rings (SSSR count). The fourth-order valence-corrected chi connectivity index (χ4v) is 1.06. The van der Waals surface area contributed by atoms with E-state index in [2.05, 4.69) is 25.2 Å². The van der Waals surface area contributed by atoms with E-state index in [1.807, 2.05) is 0 Å². The minimum atomic E-state index is 1.29. The van der Waals surface area contributed by atoms with E-state index in [0.29, 0.717) is 0 Å². The van der Waals surface area contributed by atoms with Gasteiger partial charge in [0.2, 0.25) is 0 Å². The SMILES string of the molecule is CC=CC1=CCCC1. The lowest BCUT2D eigenvalue weighted by Crippen LogP contribution is -1.65. The summed E-state index contributed by atoms with van der Waals surface area (Å²) in [5.74, 6) is 0. The second kappa shape index (κ2) is 2.71. The van der Waals surface area contributed by atoms with Crippen LogP contribution in [0.5, 0.6) is 0 Å². The zero-order chi connectivity index (χ0) is 5.82. The van der Waals surface area contributed by atoms with Gasteiger partial charge in [-0.2, -0.15) is 0 Å². The lowest BCUT2D eigenvalue weighted by molar-refractivity contribution is 0.916. The quantitative estimate of drug-likeness (QED) is 0.484. The van der Waals surface area contributed by atoms with Gasteiger partial charge in [0, 0.05) is 0 Å². The smallest absolute Gasteiger partial charge is 0.0279 e. The van der Waals surface area contributed by atoms with Crippen molar-refractivity contribution in [3.05, 3.63) is 23.8 Å². The van der Waals surface area contributed by atoms with Crippen molar-refractivity contribution in [1.29, 1.82) is 0 Å². The Morgan fingerprint density at radius 1 is 1.62 bits per heavy atom. The first-order chi connectivity index (χ1) is 3.93. The highest BCUT2D eigenvalue weighted by atomic mass is 14.0. The summed E-state index contributed by atoms with van der Waals surface area (Å²) in [5.41, 5.74) is 1.52. The minimum absolute atomic E-state index is 1.29. The molecule has 0 heteroatoms. The molecule has 0 bridgehead atoms. The van der Waals surface area contributed by atoms with E-state index in [1.165, 1.54) is 24.8 Å². The molecular formula is C8H12. The van der Waals surface area contributed by atoms with Gasteiger partial charge in [0.15, 0.2) is 0 Å². The van der Waals surface area contributed by atoms with Crippen molar-refractivity contribution in [3.8, 4) is 0 Å². The summed E-state index contributed by atoms with van der Waals surface area (Å²) in [6, 6.07) is 0. The molecule has 0 fully saturated rings. The van der Waals surface area contributed by atoms with Crippen LogP contribution in [0.25, 0.3) is 0 Å². The molecule has 0 unspecified atom stereocenters. The molecule has 0 N–H and O–H groups in total. The molecule has 0 radical (unpaired) electrons. The van der Waals surface area contributed by atoms with Gasteiger partial charge in [-0.25, -0.2) is 0 Å². The van der Waals surface area contributed by atoms with Crippen LogP contribution >= 0.6 is 0 Å². The van der Waals surface area contributed by atoms with E-state index in [1.54, 1.807) is 0 Å². The monoisotopic (exact) mass is 108 g/mol. The highest BCUT2D eigenvalue weighted by molar-refractivity contribution is 5.20. The van der Waals surface area contributed by atoms with Crippen molar-refractivity contribution in [3.63, 3.8) is 0 Å². The van der Waals surface area contributed by atoms with Gasteiger partial charge in [-0.3, -0.25) is 0 Å². The maximum Gasteiger partial charge on any atom is -0.0279 e. The maximum atomic E-state index is 2.32. The first-order valence-electron chi connectivity index (χ1n) is 3.25. The molecular weight excluding hydrogens is 96.1 g/mol. The third-order valence-electron chi connectivity index (χ3n) is 1.46. The van der Waals surface area contributed by atoms with Gasteiger partial charge in [0.1, 0.15) is 0 Å². The molecule has 8 heavy (non-hydrogen) atoms. The molecule has 0 saturated heterocycles. The Morgan fingerprint density at radius 2 is 2.50 bits per heavy atom. The number of rotatable bonds is 1. The molecule has 0 spiro atoms. The third-order valence-corrected chi connectivity index (χ3v) is 1.46. The van der Waals surface area contributed by atoms with Crippen LogP contribution < -0.4 is 0 Å². The topological polar surface area (TPSA) is 0 Å². The Hall–Kier alpha value is -0.520. The second-order valence-corrected chi connectivity index (χ2v) is 2.17. The van der Waals surface area contributed by atoms with Crippen molar-refractivity contribution in [2.45, 2.75) is 26.2 Å². The van der Waals surface area contributed by atoms with Gasteiger partial charge in [0.25, 0.3) is 0 Å². The molecule has 0 aliphatic heterocycles. The summed E-state index contributed by atoms with van der Waals surface area (Å²) in [7, 11) is 0.